The van der Waals surface area contributed by atoms with Crippen molar-refractivity contribution in [1.29, 1.82) is 0 Å². The molecule has 0 N–H and O–H groups in total. The van der Waals surface area contributed by atoms with Crippen molar-refractivity contribution in [2.45, 2.75) is 53.4 Å². The number of carbonyl (C=O) groups excluding carboxylic acids is 2. The summed E-state index contributed by atoms with van der Waals surface area (Å²) in [6.07, 6.45) is 5.54. The van der Waals surface area contributed by atoms with E-state index < -0.39 is 11.9 Å². The van der Waals surface area contributed by atoms with E-state index in [2.05, 4.69) is 18.6 Å². The fourth-order valence-corrected chi connectivity index (χ4v) is 0.702. The molecule has 0 spiro atoms. The molecule has 0 unspecified atom stereocenters. The highest BCUT2D eigenvalue weighted by Crippen LogP contribution is 1.95. The molecule has 13 heavy (non-hydrogen) atoms. The highest BCUT2D eigenvalue weighted by atomic mass is 16.6. The second kappa shape index (κ2) is 11.1. The van der Waals surface area contributed by atoms with Crippen LogP contribution in [0.3, 0.4) is 0 Å². The van der Waals surface area contributed by atoms with Crippen molar-refractivity contribution in [3.8, 4) is 0 Å². The lowest BCUT2D eigenvalue weighted by molar-refractivity contribution is -0.156. The monoisotopic (exact) mass is 188 g/mol. The van der Waals surface area contributed by atoms with Gasteiger partial charge in [0.25, 0.3) is 0 Å². The average Bonchev–Trinajstić information content (AvgIpc) is 1.99. The van der Waals surface area contributed by atoms with Crippen molar-refractivity contribution < 1.29 is 14.3 Å². The number of hydrogen-bond acceptors (Lipinski definition) is 3. The van der Waals surface area contributed by atoms with E-state index >= 15 is 0 Å². The molecule has 0 fully saturated rings. The zero-order chi connectivity index (χ0) is 10.7. The molecule has 0 aliphatic carbocycles. The van der Waals surface area contributed by atoms with Gasteiger partial charge in [0.1, 0.15) is 0 Å². The molecular weight excluding hydrogens is 168 g/mol. The standard InChI is InChI=1S/C6H14.C4H6O3/c1-3-5-6-4-2;1-3(5)7-4(2)6/h3-6H2,1-2H3;1-2H3. The molecule has 0 heterocycles. The van der Waals surface area contributed by atoms with Gasteiger partial charge < -0.3 is 4.74 Å². The van der Waals surface area contributed by atoms with Crippen molar-refractivity contribution >= 4 is 11.9 Å². The van der Waals surface area contributed by atoms with E-state index in [0.717, 1.165) is 0 Å². The van der Waals surface area contributed by atoms with Crippen LogP contribution in [0.1, 0.15) is 53.4 Å². The molecule has 0 aromatic heterocycles. The molecular formula is C10H20O3. The van der Waals surface area contributed by atoms with Gasteiger partial charge in [-0.15, -0.1) is 0 Å². The molecule has 78 valence electrons. The summed E-state index contributed by atoms with van der Waals surface area (Å²) >= 11 is 0. The number of esters is 2. The number of hydrogen-bond donors (Lipinski definition) is 0. The van der Waals surface area contributed by atoms with Crippen LogP contribution in [0.5, 0.6) is 0 Å². The Balaban J connectivity index is 0. The zero-order valence-corrected chi connectivity index (χ0v) is 9.05. The molecule has 0 saturated heterocycles. The van der Waals surface area contributed by atoms with Crippen LogP contribution in [0.15, 0.2) is 0 Å². The van der Waals surface area contributed by atoms with Crippen LogP contribution in [-0.2, 0) is 14.3 Å². The molecule has 0 aromatic carbocycles. The van der Waals surface area contributed by atoms with Gasteiger partial charge in [-0.2, -0.15) is 0 Å². The van der Waals surface area contributed by atoms with Crippen LogP contribution in [-0.4, -0.2) is 11.9 Å². The third-order valence-electron chi connectivity index (χ3n) is 1.24. The predicted molar refractivity (Wildman–Crippen MR) is 52.3 cm³/mol. The zero-order valence-electron chi connectivity index (χ0n) is 9.05. The highest BCUT2D eigenvalue weighted by Gasteiger charge is 1.93. The first-order valence-corrected chi connectivity index (χ1v) is 4.73. The van der Waals surface area contributed by atoms with Crippen LogP contribution >= 0.6 is 0 Å². The Kier molecular flexibility index (Phi) is 12.6. The smallest absolute Gasteiger partial charge is 0.310 e. The maximum Gasteiger partial charge on any atom is 0.310 e. The molecule has 3 nitrogen and oxygen atoms in total. The van der Waals surface area contributed by atoms with Crippen molar-refractivity contribution in [1.82, 2.24) is 0 Å². The summed E-state index contributed by atoms with van der Waals surface area (Å²) in [6, 6.07) is 0. The average molecular weight is 188 g/mol. The van der Waals surface area contributed by atoms with E-state index in [1.54, 1.807) is 0 Å². The SMILES string of the molecule is CC(=O)OC(C)=O.CCCCCC. The van der Waals surface area contributed by atoms with Crippen molar-refractivity contribution in [2.75, 3.05) is 0 Å². The lowest BCUT2D eigenvalue weighted by Gasteiger charge is -1.87. The van der Waals surface area contributed by atoms with Crippen LogP contribution in [0.4, 0.5) is 0 Å². The maximum absolute atomic E-state index is 9.81. The molecule has 0 radical (unpaired) electrons. The Morgan fingerprint density at radius 1 is 0.923 bits per heavy atom. The highest BCUT2D eigenvalue weighted by molar-refractivity contribution is 5.82. The third-order valence-corrected chi connectivity index (χ3v) is 1.24. The number of unbranched alkanes of at least 4 members (excludes halogenated alkanes) is 3. The van der Waals surface area contributed by atoms with Crippen molar-refractivity contribution in [3.63, 3.8) is 0 Å². The van der Waals surface area contributed by atoms with E-state index in [-0.39, 0.29) is 0 Å². The Labute approximate surface area is 80.5 Å². The lowest BCUT2D eigenvalue weighted by Crippen LogP contribution is -2.03. The molecule has 0 saturated carbocycles. The Bertz CT molecular complexity index is 125. The molecule has 0 rings (SSSR count). The second-order valence-corrected chi connectivity index (χ2v) is 2.79. The Morgan fingerprint density at radius 2 is 1.23 bits per heavy atom. The molecule has 0 aliphatic heterocycles. The van der Waals surface area contributed by atoms with Gasteiger partial charge in [0.05, 0.1) is 0 Å². The van der Waals surface area contributed by atoms with Gasteiger partial charge in [0, 0.05) is 13.8 Å². The van der Waals surface area contributed by atoms with Crippen molar-refractivity contribution in [3.05, 3.63) is 0 Å². The largest absolute Gasteiger partial charge is 0.394 e. The van der Waals surface area contributed by atoms with Gasteiger partial charge in [-0.25, -0.2) is 0 Å². The number of rotatable bonds is 3. The van der Waals surface area contributed by atoms with Gasteiger partial charge in [0.15, 0.2) is 0 Å². The van der Waals surface area contributed by atoms with Crippen LogP contribution in [0.25, 0.3) is 0 Å². The second-order valence-electron chi connectivity index (χ2n) is 2.79. The van der Waals surface area contributed by atoms with Crippen LogP contribution < -0.4 is 0 Å². The fourth-order valence-electron chi connectivity index (χ4n) is 0.702. The first-order valence-electron chi connectivity index (χ1n) is 4.73. The van der Waals surface area contributed by atoms with E-state index in [0.29, 0.717) is 0 Å². The number of ether oxygens (including phenoxy) is 1. The summed E-state index contributed by atoms with van der Waals surface area (Å²) in [5, 5.41) is 0. The summed E-state index contributed by atoms with van der Waals surface area (Å²) in [5.74, 6) is -1.12. The van der Waals surface area contributed by atoms with Gasteiger partial charge in [-0.3, -0.25) is 9.59 Å². The Morgan fingerprint density at radius 3 is 1.31 bits per heavy atom. The molecule has 3 heteroatoms. The third kappa shape index (κ3) is 24.7. The summed E-state index contributed by atoms with van der Waals surface area (Å²) in [4.78, 5) is 19.6. The molecule has 0 atom stereocenters. The maximum atomic E-state index is 9.81. The minimum atomic E-state index is -0.562. The van der Waals surface area contributed by atoms with E-state index in [4.69, 9.17) is 0 Å². The first-order chi connectivity index (χ1) is 6.04. The van der Waals surface area contributed by atoms with Crippen LogP contribution in [0.2, 0.25) is 0 Å². The van der Waals surface area contributed by atoms with Gasteiger partial charge in [-0.05, 0) is 0 Å². The van der Waals surface area contributed by atoms with Crippen LogP contribution in [0, 0.1) is 0 Å². The predicted octanol–water partition coefficient (Wildman–Crippen LogP) is 2.68. The fraction of sp³-hybridized carbons (Fsp3) is 0.800. The van der Waals surface area contributed by atoms with Gasteiger partial charge in [0.2, 0.25) is 0 Å². The summed E-state index contributed by atoms with van der Waals surface area (Å²) in [5.41, 5.74) is 0. The minimum Gasteiger partial charge on any atom is -0.394 e. The topological polar surface area (TPSA) is 43.4 Å². The van der Waals surface area contributed by atoms with Gasteiger partial charge in [-0.1, -0.05) is 39.5 Å². The van der Waals surface area contributed by atoms with E-state index in [1.165, 1.54) is 39.5 Å². The first kappa shape index (κ1) is 14.7. The normalized spacial score (nSPS) is 8.31. The van der Waals surface area contributed by atoms with Gasteiger partial charge >= 0.3 is 11.9 Å². The molecule has 0 aliphatic rings. The minimum absolute atomic E-state index is 0.562. The summed E-state index contributed by atoms with van der Waals surface area (Å²) in [6.45, 7) is 6.83. The number of carbonyl (C=O) groups is 2. The molecule has 0 bridgehead atoms. The van der Waals surface area contributed by atoms with E-state index in [1.807, 2.05) is 0 Å². The molecule has 0 aromatic rings. The summed E-state index contributed by atoms with van der Waals surface area (Å²) in [7, 11) is 0. The van der Waals surface area contributed by atoms with Crippen molar-refractivity contribution in [2.24, 2.45) is 0 Å². The quantitative estimate of drug-likeness (QED) is 0.388. The van der Waals surface area contributed by atoms with E-state index in [9.17, 15) is 9.59 Å². The lowest BCUT2D eigenvalue weighted by atomic mass is 10.2. The summed E-state index contributed by atoms with van der Waals surface area (Å²) < 4.78 is 3.97. The Hall–Kier alpha value is -0.860. The molecule has 0 amide bonds.